The maximum absolute atomic E-state index is 11.5. The van der Waals surface area contributed by atoms with Gasteiger partial charge in [0.1, 0.15) is 0 Å². The van der Waals surface area contributed by atoms with Crippen LogP contribution in [0.2, 0.25) is 5.02 Å². The Morgan fingerprint density at radius 1 is 1.24 bits per heavy atom. The van der Waals surface area contributed by atoms with Crippen molar-refractivity contribution in [1.29, 1.82) is 0 Å². The molecule has 3 rings (SSSR count). The van der Waals surface area contributed by atoms with Crippen molar-refractivity contribution in [1.82, 2.24) is 4.98 Å². The number of nitrogens with zero attached hydrogens (tertiary/aromatic N) is 2. The van der Waals surface area contributed by atoms with E-state index >= 15 is 0 Å². The molecule has 0 aliphatic carbocycles. The van der Waals surface area contributed by atoms with Crippen LogP contribution >= 0.6 is 23.4 Å². The summed E-state index contributed by atoms with van der Waals surface area (Å²) in [6, 6.07) is 12.7. The van der Waals surface area contributed by atoms with Gasteiger partial charge in [-0.2, -0.15) is 4.73 Å². The summed E-state index contributed by atoms with van der Waals surface area (Å²) in [4.78, 5) is 4.23. The van der Waals surface area contributed by atoms with E-state index in [1.54, 1.807) is 24.4 Å². The zero-order valence-electron chi connectivity index (χ0n) is 10.9. The lowest BCUT2D eigenvalue weighted by Crippen LogP contribution is -2.27. The third-order valence-corrected chi connectivity index (χ3v) is 4.03. The van der Waals surface area contributed by atoms with Crippen LogP contribution in [0.5, 0.6) is 0 Å². The molecular weight excluding hydrogens is 308 g/mol. The fourth-order valence-electron chi connectivity index (χ4n) is 1.81. The normalized spacial score (nSPS) is 10.7. The Balaban J connectivity index is 1.72. The molecule has 106 valence electrons. The van der Waals surface area contributed by atoms with Crippen LogP contribution < -0.4 is 4.73 Å². The summed E-state index contributed by atoms with van der Waals surface area (Å²) in [5, 5.41) is 12.8. The van der Waals surface area contributed by atoms with E-state index in [1.165, 1.54) is 18.0 Å². The average molecular weight is 319 g/mol. The van der Waals surface area contributed by atoms with Crippen LogP contribution in [0.1, 0.15) is 5.89 Å². The van der Waals surface area contributed by atoms with Gasteiger partial charge in [-0.05, 0) is 30.0 Å². The highest BCUT2D eigenvalue weighted by Crippen LogP contribution is 2.26. The fraction of sp³-hybridized carbons (Fsp3) is 0.0667. The Labute approximate surface area is 131 Å². The van der Waals surface area contributed by atoms with E-state index in [4.69, 9.17) is 16.0 Å². The minimum Gasteiger partial charge on any atom is -0.618 e. The van der Waals surface area contributed by atoms with Crippen LogP contribution in [-0.2, 0) is 5.75 Å². The van der Waals surface area contributed by atoms with Gasteiger partial charge in [-0.15, -0.1) is 0 Å². The smallest absolute Gasteiger partial charge is 0.251 e. The first-order chi connectivity index (χ1) is 10.2. The van der Waals surface area contributed by atoms with Gasteiger partial charge in [0.2, 0.25) is 5.89 Å². The SMILES string of the molecule is [O-][n+]1ccccc1SCc1ncc(-c2cccc(Cl)c2)o1. The van der Waals surface area contributed by atoms with E-state index in [9.17, 15) is 5.21 Å². The van der Waals surface area contributed by atoms with Gasteiger partial charge >= 0.3 is 0 Å². The molecule has 6 heteroatoms. The van der Waals surface area contributed by atoms with Crippen LogP contribution in [0.4, 0.5) is 0 Å². The van der Waals surface area contributed by atoms with E-state index in [2.05, 4.69) is 4.98 Å². The third kappa shape index (κ3) is 3.37. The van der Waals surface area contributed by atoms with Gasteiger partial charge in [0.05, 0.1) is 11.9 Å². The summed E-state index contributed by atoms with van der Waals surface area (Å²) in [6.45, 7) is 0. The number of aromatic nitrogens is 2. The first kappa shape index (κ1) is 14.0. The summed E-state index contributed by atoms with van der Waals surface area (Å²) in [5.41, 5.74) is 0.879. The van der Waals surface area contributed by atoms with Gasteiger partial charge in [0.25, 0.3) is 5.03 Å². The monoisotopic (exact) mass is 318 g/mol. The first-order valence-electron chi connectivity index (χ1n) is 6.24. The Morgan fingerprint density at radius 2 is 2.14 bits per heavy atom. The lowest BCUT2D eigenvalue weighted by Gasteiger charge is -2.01. The summed E-state index contributed by atoms with van der Waals surface area (Å²) >= 11 is 7.34. The molecule has 0 amide bonds. The highest BCUT2D eigenvalue weighted by Gasteiger charge is 2.10. The topological polar surface area (TPSA) is 53.0 Å². The Morgan fingerprint density at radius 3 is 2.95 bits per heavy atom. The number of hydrogen-bond donors (Lipinski definition) is 0. The number of pyridine rings is 1. The second-order valence-corrected chi connectivity index (χ2v) is 5.71. The van der Waals surface area contributed by atoms with Crippen LogP contribution in [-0.4, -0.2) is 4.98 Å². The number of hydrogen-bond acceptors (Lipinski definition) is 4. The zero-order chi connectivity index (χ0) is 14.7. The van der Waals surface area contributed by atoms with Gasteiger partial charge in [-0.25, -0.2) is 4.98 Å². The molecule has 4 nitrogen and oxygen atoms in total. The number of oxazole rings is 1. The molecule has 0 N–H and O–H groups in total. The standard InChI is InChI=1S/C15H11ClN2O2S/c16-12-5-3-4-11(8-12)13-9-17-14(20-13)10-21-15-6-1-2-7-18(15)19/h1-9H,10H2. The molecule has 3 aromatic rings. The van der Waals surface area contributed by atoms with E-state index in [-0.39, 0.29) is 0 Å². The van der Waals surface area contributed by atoms with Crippen molar-refractivity contribution in [3.63, 3.8) is 0 Å². The van der Waals surface area contributed by atoms with E-state index in [1.807, 2.05) is 24.3 Å². The Kier molecular flexibility index (Phi) is 4.13. The third-order valence-electron chi connectivity index (χ3n) is 2.79. The molecule has 0 unspecified atom stereocenters. The molecule has 0 aliphatic heterocycles. The van der Waals surface area contributed by atoms with Crippen molar-refractivity contribution in [3.05, 3.63) is 71.0 Å². The van der Waals surface area contributed by atoms with Crippen LogP contribution in [0, 0.1) is 5.21 Å². The molecule has 0 bridgehead atoms. The molecule has 0 fully saturated rings. The minimum absolute atomic E-state index is 0.493. The first-order valence-corrected chi connectivity index (χ1v) is 7.60. The van der Waals surface area contributed by atoms with Gasteiger partial charge < -0.3 is 9.62 Å². The maximum Gasteiger partial charge on any atom is 0.251 e. The predicted molar refractivity (Wildman–Crippen MR) is 81.9 cm³/mol. The quantitative estimate of drug-likeness (QED) is 0.415. The molecule has 0 radical (unpaired) electrons. The van der Waals surface area contributed by atoms with Crippen molar-refractivity contribution in [2.24, 2.45) is 0 Å². The molecule has 0 spiro atoms. The Hall–Kier alpha value is -1.98. The number of benzene rings is 1. The van der Waals surface area contributed by atoms with Gasteiger partial charge in [0.15, 0.2) is 12.0 Å². The van der Waals surface area contributed by atoms with Crippen molar-refractivity contribution < 1.29 is 9.15 Å². The highest BCUT2D eigenvalue weighted by molar-refractivity contribution is 7.98. The minimum atomic E-state index is 0.493. The summed E-state index contributed by atoms with van der Waals surface area (Å²) in [6.07, 6.45) is 3.13. The predicted octanol–water partition coefficient (Wildman–Crippen LogP) is 3.92. The summed E-state index contributed by atoms with van der Waals surface area (Å²) in [7, 11) is 0. The largest absolute Gasteiger partial charge is 0.618 e. The second kappa shape index (κ2) is 6.20. The summed E-state index contributed by atoms with van der Waals surface area (Å²) in [5.74, 6) is 1.72. The van der Waals surface area contributed by atoms with Crippen LogP contribution in [0.25, 0.3) is 11.3 Å². The Bertz CT molecular complexity index is 761. The molecule has 0 aliphatic rings. The van der Waals surface area contributed by atoms with Crippen LogP contribution in [0.15, 0.2) is 64.3 Å². The van der Waals surface area contributed by atoms with Crippen molar-refractivity contribution in [3.8, 4) is 11.3 Å². The molecule has 2 aromatic heterocycles. The molecule has 21 heavy (non-hydrogen) atoms. The van der Waals surface area contributed by atoms with Crippen molar-refractivity contribution >= 4 is 23.4 Å². The van der Waals surface area contributed by atoms with E-state index in [0.29, 0.717) is 27.5 Å². The molecule has 1 aromatic carbocycles. The summed E-state index contributed by atoms with van der Waals surface area (Å²) < 4.78 is 6.51. The number of thioether (sulfide) groups is 1. The van der Waals surface area contributed by atoms with Crippen LogP contribution in [0.3, 0.4) is 0 Å². The number of rotatable bonds is 4. The second-order valence-electron chi connectivity index (χ2n) is 4.28. The molecule has 2 heterocycles. The molecular formula is C15H11ClN2O2S. The maximum atomic E-state index is 11.5. The fourth-order valence-corrected chi connectivity index (χ4v) is 2.77. The van der Waals surface area contributed by atoms with E-state index < -0.39 is 0 Å². The number of halogens is 1. The van der Waals surface area contributed by atoms with Gasteiger partial charge in [-0.1, -0.05) is 23.7 Å². The molecule has 0 atom stereocenters. The molecule has 0 saturated carbocycles. The van der Waals surface area contributed by atoms with Gasteiger partial charge in [0, 0.05) is 22.7 Å². The lowest BCUT2D eigenvalue weighted by atomic mass is 10.2. The lowest BCUT2D eigenvalue weighted by molar-refractivity contribution is -0.645. The van der Waals surface area contributed by atoms with Gasteiger partial charge in [-0.3, -0.25) is 0 Å². The van der Waals surface area contributed by atoms with Crippen molar-refractivity contribution in [2.75, 3.05) is 0 Å². The highest BCUT2D eigenvalue weighted by atomic mass is 35.5. The average Bonchev–Trinajstić information content (AvgIpc) is 2.95. The van der Waals surface area contributed by atoms with Crippen molar-refractivity contribution in [2.45, 2.75) is 10.8 Å². The molecule has 0 saturated heterocycles. The van der Waals surface area contributed by atoms with E-state index in [0.717, 1.165) is 10.3 Å². The zero-order valence-corrected chi connectivity index (χ0v) is 12.5.